The number of carbonyl (C=O) groups excluding carboxylic acids is 9. The molecule has 0 saturated carbocycles. The molecule has 22 nitrogen and oxygen atoms in total. The van der Waals surface area contributed by atoms with Gasteiger partial charge in [0.1, 0.15) is 48.3 Å². The maximum atomic E-state index is 14.4. The van der Waals surface area contributed by atoms with Crippen LogP contribution >= 0.6 is 0 Å². The second-order valence-electron chi connectivity index (χ2n) is 23.2. The van der Waals surface area contributed by atoms with E-state index in [0.29, 0.717) is 64.6 Å². The van der Waals surface area contributed by atoms with Crippen LogP contribution in [0.3, 0.4) is 0 Å². The highest BCUT2D eigenvalue weighted by atomic mass is 16.2. The smallest absolute Gasteiger partial charge is 0.243 e. The van der Waals surface area contributed by atoms with Crippen LogP contribution in [0.5, 0.6) is 0 Å². The molecular formula is C57H103N13O9. The summed E-state index contributed by atoms with van der Waals surface area (Å²) in [7, 11) is 0. The molecule has 1 aromatic rings. The minimum Gasteiger partial charge on any atom is -0.368 e. The standard InChI is InChI=1S/C57H103N13O9/c1-34(2)28-44(49(62)71)66-56(78)47(31-37(7)8)68-52(74)42(23-15-18-26-59)63-51(73)41(22-14-17-25-58)64-55(77)46(30-36(5)6)70-57(79)48(32-38(9)10)69-53(75)43(24-16-19-27-60)65-54(76)45(29-35(3)4)67-50(72)40(61)33-39-20-12-11-13-21-39/h11-13,20-21,34-38,40-48H,14-19,22-33,58-61H2,1-10H3,(H2,62,71)(H,63,73)(H,64,77)(H,65,76)(H,66,78)(H,67,72)(H,68,74)(H,69,75)(H,70,79)/t40-,41-,42-,43-,44-,45-,46-,47-,48-/m0/s1. The molecule has 0 unspecified atom stereocenters. The highest BCUT2D eigenvalue weighted by Crippen LogP contribution is 2.15. The van der Waals surface area contributed by atoms with Crippen molar-refractivity contribution in [3.63, 3.8) is 0 Å². The Labute approximate surface area is 471 Å². The van der Waals surface area contributed by atoms with E-state index in [9.17, 15) is 43.2 Å². The second-order valence-corrected chi connectivity index (χ2v) is 23.2. The summed E-state index contributed by atoms with van der Waals surface area (Å²) in [5.41, 5.74) is 30.2. The summed E-state index contributed by atoms with van der Waals surface area (Å²) in [5, 5.41) is 22.4. The molecular weight excluding hydrogens is 1010 g/mol. The van der Waals surface area contributed by atoms with Gasteiger partial charge in [-0.2, -0.15) is 0 Å². The van der Waals surface area contributed by atoms with Crippen LogP contribution in [0, 0.1) is 29.6 Å². The molecule has 18 N–H and O–H groups in total. The molecule has 0 radical (unpaired) electrons. The summed E-state index contributed by atoms with van der Waals surface area (Å²) in [6, 6.07) is -0.566. The first-order valence-electron chi connectivity index (χ1n) is 28.8. The summed E-state index contributed by atoms with van der Waals surface area (Å²) in [6.45, 7) is 19.8. The summed E-state index contributed by atoms with van der Waals surface area (Å²) in [4.78, 5) is 125. The topological polar surface area (TPSA) is 380 Å². The number of rotatable bonds is 41. The Morgan fingerprint density at radius 1 is 0.354 bits per heavy atom. The lowest BCUT2D eigenvalue weighted by Crippen LogP contribution is -2.60. The molecule has 0 spiro atoms. The van der Waals surface area contributed by atoms with E-state index in [4.69, 9.17) is 28.7 Å². The van der Waals surface area contributed by atoms with Crippen molar-refractivity contribution in [2.75, 3.05) is 19.6 Å². The SMILES string of the molecule is CC(C)C[C@H](NC(=O)[C@H](CC(C)C)NC(=O)[C@H](CCCCN)NC(=O)[C@H](CCCCN)NC(=O)[C@H](CC(C)C)NC(=O)[C@H](CC(C)C)NC(=O)[C@H](CCCCN)NC(=O)[C@H](CC(C)C)NC(=O)[C@@H](N)Cc1ccccc1)C(N)=O. The quantitative estimate of drug-likeness (QED) is 0.0415. The molecule has 0 aliphatic carbocycles. The van der Waals surface area contributed by atoms with E-state index in [2.05, 4.69) is 42.5 Å². The van der Waals surface area contributed by atoms with Crippen LogP contribution in [0.25, 0.3) is 0 Å². The zero-order chi connectivity index (χ0) is 59.8. The van der Waals surface area contributed by atoms with Crippen molar-refractivity contribution in [3.05, 3.63) is 35.9 Å². The minimum absolute atomic E-state index is 0.0273. The number of hydrogen-bond acceptors (Lipinski definition) is 13. The molecule has 1 rings (SSSR count). The van der Waals surface area contributed by atoms with Crippen LogP contribution in [0.2, 0.25) is 0 Å². The summed E-state index contributed by atoms with van der Waals surface area (Å²) >= 11 is 0. The van der Waals surface area contributed by atoms with Crippen molar-refractivity contribution >= 4 is 53.2 Å². The maximum absolute atomic E-state index is 14.4. The first kappa shape index (κ1) is 71.3. The van der Waals surface area contributed by atoms with E-state index in [1.54, 1.807) is 0 Å². The number of nitrogens with one attached hydrogen (secondary N) is 8. The number of benzene rings is 1. The van der Waals surface area contributed by atoms with Gasteiger partial charge < -0.3 is 71.2 Å². The highest BCUT2D eigenvalue weighted by molar-refractivity contribution is 5.98. The number of amides is 9. The first-order chi connectivity index (χ1) is 37.2. The van der Waals surface area contributed by atoms with Gasteiger partial charge in [-0.25, -0.2) is 0 Å². The molecule has 0 aromatic heterocycles. The van der Waals surface area contributed by atoms with E-state index in [0.717, 1.165) is 5.56 Å². The molecule has 9 atom stereocenters. The summed E-state index contributed by atoms with van der Waals surface area (Å²) in [5.74, 6) is -6.05. The van der Waals surface area contributed by atoms with Gasteiger partial charge >= 0.3 is 0 Å². The summed E-state index contributed by atoms with van der Waals surface area (Å²) < 4.78 is 0. The third-order valence-corrected chi connectivity index (χ3v) is 13.1. The molecule has 1 aromatic carbocycles. The van der Waals surface area contributed by atoms with Crippen molar-refractivity contribution < 1.29 is 43.2 Å². The molecule has 0 heterocycles. The number of carbonyl (C=O) groups is 9. The van der Waals surface area contributed by atoms with Crippen LogP contribution in [0.4, 0.5) is 0 Å². The lowest BCUT2D eigenvalue weighted by Gasteiger charge is -2.29. The van der Waals surface area contributed by atoms with Gasteiger partial charge in [-0.15, -0.1) is 0 Å². The lowest BCUT2D eigenvalue weighted by atomic mass is 9.98. The molecule has 0 fully saturated rings. The van der Waals surface area contributed by atoms with E-state index < -0.39 is 108 Å². The number of unbranched alkanes of at least 4 members (excludes halogenated alkanes) is 3. The molecule has 79 heavy (non-hydrogen) atoms. The van der Waals surface area contributed by atoms with E-state index in [-0.39, 0.29) is 81.0 Å². The van der Waals surface area contributed by atoms with E-state index >= 15 is 0 Å². The van der Waals surface area contributed by atoms with Gasteiger partial charge in [0, 0.05) is 0 Å². The summed E-state index contributed by atoms with van der Waals surface area (Å²) in [6.07, 6.45) is 4.68. The first-order valence-corrected chi connectivity index (χ1v) is 28.8. The van der Waals surface area contributed by atoms with Gasteiger partial charge in [-0.3, -0.25) is 43.2 Å². The van der Waals surface area contributed by atoms with Crippen molar-refractivity contribution in [2.24, 2.45) is 58.3 Å². The Bertz CT molecular complexity index is 2020. The Morgan fingerprint density at radius 2 is 0.595 bits per heavy atom. The zero-order valence-corrected chi connectivity index (χ0v) is 49.3. The highest BCUT2D eigenvalue weighted by Gasteiger charge is 2.36. The minimum atomic E-state index is -1.19. The van der Waals surface area contributed by atoms with Crippen LogP contribution < -0.4 is 71.2 Å². The van der Waals surface area contributed by atoms with Gasteiger partial charge in [0.25, 0.3) is 0 Å². The van der Waals surface area contributed by atoms with Gasteiger partial charge in [-0.05, 0) is 151 Å². The van der Waals surface area contributed by atoms with E-state index in [1.165, 1.54) is 0 Å². The molecule has 0 aliphatic rings. The normalized spacial score (nSPS) is 15.0. The molecule has 0 saturated heterocycles. The monoisotopic (exact) mass is 1110 g/mol. The largest absolute Gasteiger partial charge is 0.368 e. The van der Waals surface area contributed by atoms with Gasteiger partial charge in [0.05, 0.1) is 6.04 Å². The fraction of sp³-hybridized carbons (Fsp3) is 0.737. The molecule has 0 bridgehead atoms. The van der Waals surface area contributed by atoms with Crippen LogP contribution in [-0.2, 0) is 49.6 Å². The Hall–Kier alpha value is -5.71. The third kappa shape index (κ3) is 29.9. The Morgan fingerprint density at radius 3 is 0.861 bits per heavy atom. The Balaban J connectivity index is 3.51. The van der Waals surface area contributed by atoms with Crippen molar-refractivity contribution in [1.29, 1.82) is 0 Å². The van der Waals surface area contributed by atoms with Crippen molar-refractivity contribution in [1.82, 2.24) is 42.5 Å². The lowest BCUT2D eigenvalue weighted by molar-refractivity contribution is -0.136. The van der Waals surface area contributed by atoms with Crippen molar-refractivity contribution in [2.45, 2.75) is 220 Å². The van der Waals surface area contributed by atoms with Crippen LogP contribution in [0.1, 0.15) is 165 Å². The molecule has 450 valence electrons. The molecule has 22 heteroatoms. The van der Waals surface area contributed by atoms with Gasteiger partial charge in [0.15, 0.2) is 0 Å². The van der Waals surface area contributed by atoms with E-state index in [1.807, 2.05) is 99.6 Å². The van der Waals surface area contributed by atoms with Gasteiger partial charge in [-0.1, -0.05) is 99.6 Å². The zero-order valence-electron chi connectivity index (χ0n) is 49.3. The predicted octanol–water partition coefficient (Wildman–Crippen LogP) is 1.54. The van der Waals surface area contributed by atoms with Crippen LogP contribution in [-0.4, -0.2) is 127 Å². The fourth-order valence-electron chi connectivity index (χ4n) is 8.96. The van der Waals surface area contributed by atoms with Crippen molar-refractivity contribution in [3.8, 4) is 0 Å². The number of primary amides is 1. The third-order valence-electron chi connectivity index (χ3n) is 13.1. The number of hydrogen-bond donors (Lipinski definition) is 13. The molecule has 9 amide bonds. The average Bonchev–Trinajstić information content (AvgIpc) is 3.36. The fourth-order valence-corrected chi connectivity index (χ4v) is 8.96. The predicted molar refractivity (Wildman–Crippen MR) is 309 cm³/mol. The average molecular weight is 1110 g/mol. The second kappa shape index (κ2) is 38.8. The molecule has 0 aliphatic heterocycles. The maximum Gasteiger partial charge on any atom is 0.243 e. The number of nitrogens with two attached hydrogens (primary N) is 5. The Kier molecular flexibility index (Phi) is 35.0. The van der Waals surface area contributed by atoms with Crippen LogP contribution in [0.15, 0.2) is 30.3 Å². The van der Waals surface area contributed by atoms with Gasteiger partial charge in [0.2, 0.25) is 53.2 Å².